The summed E-state index contributed by atoms with van der Waals surface area (Å²) >= 11 is 5.98. The number of rotatable bonds is 5. The number of benzene rings is 1. The summed E-state index contributed by atoms with van der Waals surface area (Å²) in [6.07, 6.45) is 1.00. The van der Waals surface area contributed by atoms with Gasteiger partial charge in [-0.15, -0.1) is 0 Å². The standard InChI is InChI=1S/C16H21ClN2O2/c1-4-10(2)19-15(20)9-14(16(19)21)18-11(3)12-6-5-7-13(17)8-12/h5-8,10-11,14,18H,4,9H2,1-3H3. The molecule has 21 heavy (non-hydrogen) atoms. The Hall–Kier alpha value is -1.39. The lowest BCUT2D eigenvalue weighted by atomic mass is 10.1. The molecule has 0 spiro atoms. The lowest BCUT2D eigenvalue weighted by molar-refractivity contribution is -0.141. The molecule has 0 radical (unpaired) electrons. The molecule has 0 saturated carbocycles. The molecule has 1 heterocycles. The average molecular weight is 309 g/mol. The van der Waals surface area contributed by atoms with Crippen molar-refractivity contribution in [3.8, 4) is 0 Å². The van der Waals surface area contributed by atoms with Crippen LogP contribution in [0.4, 0.5) is 0 Å². The molecule has 1 aliphatic heterocycles. The SMILES string of the molecule is CCC(C)N1C(=O)CC(NC(C)c2cccc(Cl)c2)C1=O. The second kappa shape index (κ2) is 6.58. The largest absolute Gasteiger partial charge is 0.299 e. The van der Waals surface area contributed by atoms with Crippen molar-refractivity contribution < 1.29 is 9.59 Å². The van der Waals surface area contributed by atoms with Gasteiger partial charge in [-0.2, -0.15) is 0 Å². The first-order valence-electron chi connectivity index (χ1n) is 7.31. The topological polar surface area (TPSA) is 49.4 Å². The summed E-state index contributed by atoms with van der Waals surface area (Å²) in [5.41, 5.74) is 1.00. The highest BCUT2D eigenvalue weighted by atomic mass is 35.5. The normalized spacial score (nSPS) is 21.7. The van der Waals surface area contributed by atoms with E-state index in [9.17, 15) is 9.59 Å². The van der Waals surface area contributed by atoms with Crippen LogP contribution in [0.5, 0.6) is 0 Å². The number of carbonyl (C=O) groups is 2. The second-order valence-corrected chi connectivity index (χ2v) is 6.00. The van der Waals surface area contributed by atoms with Gasteiger partial charge >= 0.3 is 0 Å². The van der Waals surface area contributed by atoms with E-state index in [0.29, 0.717) is 5.02 Å². The van der Waals surface area contributed by atoms with Crippen molar-refractivity contribution in [3.05, 3.63) is 34.9 Å². The van der Waals surface area contributed by atoms with Crippen LogP contribution >= 0.6 is 11.6 Å². The molecule has 0 aromatic heterocycles. The Morgan fingerprint density at radius 3 is 2.71 bits per heavy atom. The van der Waals surface area contributed by atoms with Crippen molar-refractivity contribution in [2.75, 3.05) is 0 Å². The minimum Gasteiger partial charge on any atom is -0.299 e. The molecule has 114 valence electrons. The fraction of sp³-hybridized carbons (Fsp3) is 0.500. The van der Waals surface area contributed by atoms with Gasteiger partial charge in [-0.25, -0.2) is 0 Å². The fourth-order valence-corrected chi connectivity index (χ4v) is 2.80. The summed E-state index contributed by atoms with van der Waals surface area (Å²) in [5.74, 6) is -0.214. The van der Waals surface area contributed by atoms with E-state index in [2.05, 4.69) is 5.32 Å². The van der Waals surface area contributed by atoms with E-state index in [0.717, 1.165) is 12.0 Å². The summed E-state index contributed by atoms with van der Waals surface area (Å²) < 4.78 is 0. The number of imide groups is 1. The molecule has 4 nitrogen and oxygen atoms in total. The zero-order valence-corrected chi connectivity index (χ0v) is 13.4. The minimum absolute atomic E-state index is 0.0395. The maximum Gasteiger partial charge on any atom is 0.247 e. The van der Waals surface area contributed by atoms with Crippen molar-refractivity contribution in [2.45, 2.75) is 51.7 Å². The third-order valence-corrected chi connectivity index (χ3v) is 4.25. The number of carbonyl (C=O) groups excluding carboxylic acids is 2. The van der Waals surface area contributed by atoms with Crippen LogP contribution in [0.3, 0.4) is 0 Å². The predicted octanol–water partition coefficient (Wildman–Crippen LogP) is 2.92. The van der Waals surface area contributed by atoms with Crippen LogP contribution in [0.25, 0.3) is 0 Å². The molecular formula is C16H21ClN2O2. The lowest BCUT2D eigenvalue weighted by Gasteiger charge is -2.23. The number of halogens is 1. The number of likely N-dealkylation sites (tertiary alicyclic amines) is 1. The van der Waals surface area contributed by atoms with Crippen LogP contribution in [0.1, 0.15) is 45.2 Å². The Bertz CT molecular complexity index is 547. The first-order chi connectivity index (χ1) is 9.93. The van der Waals surface area contributed by atoms with Crippen molar-refractivity contribution >= 4 is 23.4 Å². The molecule has 1 aromatic carbocycles. The number of nitrogens with zero attached hydrogens (tertiary/aromatic N) is 1. The Balaban J connectivity index is 2.07. The van der Waals surface area contributed by atoms with Crippen LogP contribution in [0.15, 0.2) is 24.3 Å². The summed E-state index contributed by atoms with van der Waals surface area (Å²) in [6.45, 7) is 5.84. The summed E-state index contributed by atoms with van der Waals surface area (Å²) in [6, 6.07) is 6.99. The van der Waals surface area contributed by atoms with E-state index in [-0.39, 0.29) is 30.3 Å². The second-order valence-electron chi connectivity index (χ2n) is 5.56. The average Bonchev–Trinajstić information content (AvgIpc) is 2.72. The maximum atomic E-state index is 12.4. The van der Waals surface area contributed by atoms with Crippen molar-refractivity contribution in [1.82, 2.24) is 10.2 Å². The van der Waals surface area contributed by atoms with Gasteiger partial charge in [0.2, 0.25) is 11.8 Å². The van der Waals surface area contributed by atoms with Gasteiger partial charge in [0.05, 0.1) is 12.5 Å². The highest BCUT2D eigenvalue weighted by molar-refractivity contribution is 6.30. The molecule has 2 amide bonds. The molecule has 0 aliphatic carbocycles. The van der Waals surface area contributed by atoms with Gasteiger partial charge in [0.15, 0.2) is 0 Å². The number of amides is 2. The number of hydrogen-bond acceptors (Lipinski definition) is 3. The summed E-state index contributed by atoms with van der Waals surface area (Å²) in [4.78, 5) is 25.8. The van der Waals surface area contributed by atoms with Gasteiger partial charge in [0.25, 0.3) is 0 Å². The third-order valence-electron chi connectivity index (χ3n) is 4.01. The predicted molar refractivity (Wildman–Crippen MR) is 83.0 cm³/mol. The van der Waals surface area contributed by atoms with Gasteiger partial charge in [0, 0.05) is 17.1 Å². The zero-order valence-electron chi connectivity index (χ0n) is 12.6. The highest BCUT2D eigenvalue weighted by Gasteiger charge is 2.40. The van der Waals surface area contributed by atoms with E-state index >= 15 is 0 Å². The molecule has 3 unspecified atom stereocenters. The molecule has 1 N–H and O–H groups in total. The van der Waals surface area contributed by atoms with Gasteiger partial charge in [-0.3, -0.25) is 19.8 Å². The first kappa shape index (κ1) is 16.0. The molecule has 5 heteroatoms. The van der Waals surface area contributed by atoms with Gasteiger partial charge < -0.3 is 0 Å². The molecule has 1 saturated heterocycles. The number of nitrogens with one attached hydrogen (secondary N) is 1. The third kappa shape index (κ3) is 3.44. The van der Waals surface area contributed by atoms with Crippen LogP contribution in [0.2, 0.25) is 5.02 Å². The quantitative estimate of drug-likeness (QED) is 0.851. The van der Waals surface area contributed by atoms with Gasteiger partial charge in [-0.05, 0) is 38.0 Å². The molecule has 1 aromatic rings. The van der Waals surface area contributed by atoms with E-state index in [1.807, 2.05) is 45.0 Å². The highest BCUT2D eigenvalue weighted by Crippen LogP contribution is 2.22. The van der Waals surface area contributed by atoms with Crippen LogP contribution in [-0.2, 0) is 9.59 Å². The molecule has 1 aliphatic rings. The van der Waals surface area contributed by atoms with E-state index in [4.69, 9.17) is 11.6 Å². The lowest BCUT2D eigenvalue weighted by Crippen LogP contribution is -2.43. The van der Waals surface area contributed by atoms with Gasteiger partial charge in [0.1, 0.15) is 0 Å². The Morgan fingerprint density at radius 1 is 1.38 bits per heavy atom. The monoisotopic (exact) mass is 308 g/mol. The van der Waals surface area contributed by atoms with E-state index < -0.39 is 6.04 Å². The zero-order chi connectivity index (χ0) is 15.6. The van der Waals surface area contributed by atoms with Crippen LogP contribution in [-0.4, -0.2) is 28.8 Å². The Labute approximate surface area is 130 Å². The van der Waals surface area contributed by atoms with Crippen LogP contribution < -0.4 is 5.32 Å². The maximum absolute atomic E-state index is 12.4. The summed E-state index contributed by atoms with van der Waals surface area (Å²) in [7, 11) is 0. The molecule has 2 rings (SSSR count). The van der Waals surface area contributed by atoms with Crippen molar-refractivity contribution in [3.63, 3.8) is 0 Å². The Morgan fingerprint density at radius 2 is 2.10 bits per heavy atom. The smallest absolute Gasteiger partial charge is 0.247 e. The molecule has 3 atom stereocenters. The molecule has 1 fully saturated rings. The van der Waals surface area contributed by atoms with E-state index in [1.165, 1.54) is 4.90 Å². The Kier molecular flexibility index (Phi) is 5.01. The number of hydrogen-bond donors (Lipinski definition) is 1. The minimum atomic E-state index is -0.444. The van der Waals surface area contributed by atoms with Gasteiger partial charge in [-0.1, -0.05) is 30.7 Å². The van der Waals surface area contributed by atoms with Crippen molar-refractivity contribution in [2.24, 2.45) is 0 Å². The van der Waals surface area contributed by atoms with Crippen LogP contribution in [0, 0.1) is 0 Å². The molecule has 0 bridgehead atoms. The summed E-state index contributed by atoms with van der Waals surface area (Å²) in [5, 5.41) is 3.90. The fourth-order valence-electron chi connectivity index (χ4n) is 2.60. The van der Waals surface area contributed by atoms with E-state index in [1.54, 1.807) is 0 Å². The van der Waals surface area contributed by atoms with Crippen molar-refractivity contribution in [1.29, 1.82) is 0 Å². The molecular weight excluding hydrogens is 288 g/mol. The first-order valence-corrected chi connectivity index (χ1v) is 7.69.